The molecular formula is C40H22F4O4S2. The second-order valence-corrected chi connectivity index (χ2v) is 16.2. The van der Waals surface area contributed by atoms with Crippen LogP contribution in [0.3, 0.4) is 0 Å². The Kier molecular flexibility index (Phi) is 6.07. The zero-order valence-electron chi connectivity index (χ0n) is 26.7. The monoisotopic (exact) mass is 706 g/mol. The number of Topliss-reactive ketones (excluding diaryl/α,β-unsaturated/α-hetero) is 4. The van der Waals surface area contributed by atoms with Crippen molar-refractivity contribution in [3.63, 3.8) is 0 Å². The average Bonchev–Trinajstić information content (AvgIpc) is 3.84. The zero-order chi connectivity index (χ0) is 35.3. The van der Waals surface area contributed by atoms with Crippen molar-refractivity contribution in [1.82, 2.24) is 0 Å². The van der Waals surface area contributed by atoms with E-state index < -0.39 is 68.4 Å². The van der Waals surface area contributed by atoms with Crippen LogP contribution in [0.2, 0.25) is 0 Å². The molecule has 0 radical (unpaired) electrons. The highest BCUT2D eigenvalue weighted by atomic mass is 32.1. The first kappa shape index (κ1) is 31.0. The second-order valence-electron chi connectivity index (χ2n) is 14.0. The smallest absolute Gasteiger partial charge is 0.237 e. The van der Waals surface area contributed by atoms with Crippen LogP contribution >= 0.6 is 22.7 Å². The summed E-state index contributed by atoms with van der Waals surface area (Å²) in [7, 11) is 0. The molecule has 4 nitrogen and oxygen atoms in total. The van der Waals surface area contributed by atoms with E-state index in [1.807, 2.05) is 12.1 Å². The number of rotatable bonds is 2. The third-order valence-corrected chi connectivity index (χ3v) is 12.7. The summed E-state index contributed by atoms with van der Waals surface area (Å²) in [5.74, 6) is -7.57. The molecule has 0 bridgehead atoms. The molecule has 2 aromatic heterocycles. The van der Waals surface area contributed by atoms with Crippen molar-refractivity contribution in [3.8, 4) is 20.9 Å². The summed E-state index contributed by atoms with van der Waals surface area (Å²) in [5.41, 5.74) is 4.41. The Labute approximate surface area is 290 Å². The van der Waals surface area contributed by atoms with Crippen molar-refractivity contribution in [1.29, 1.82) is 0 Å². The van der Waals surface area contributed by atoms with Gasteiger partial charge in [-0.1, -0.05) is 27.7 Å². The van der Waals surface area contributed by atoms with E-state index in [1.165, 1.54) is 22.7 Å². The molecule has 4 aliphatic rings. The normalized spacial score (nSPS) is 19.0. The van der Waals surface area contributed by atoms with Gasteiger partial charge < -0.3 is 0 Å². The van der Waals surface area contributed by atoms with E-state index in [-0.39, 0.29) is 22.3 Å². The van der Waals surface area contributed by atoms with Gasteiger partial charge in [-0.3, -0.25) is 19.2 Å². The number of hydrogen-bond acceptors (Lipinski definition) is 6. The van der Waals surface area contributed by atoms with E-state index in [1.54, 1.807) is 12.2 Å². The van der Waals surface area contributed by atoms with Crippen molar-refractivity contribution in [2.45, 2.75) is 38.5 Å². The van der Waals surface area contributed by atoms with Gasteiger partial charge in [-0.15, -0.1) is 22.7 Å². The maximum Gasteiger partial charge on any atom is 0.237 e. The zero-order valence-corrected chi connectivity index (χ0v) is 28.4. The lowest BCUT2D eigenvalue weighted by Gasteiger charge is -2.24. The SMILES string of the molecule is CC1(C)c2cc3c(cc2-c2sc(/C=C4\C(=O)C(=O)c5c(F)cc(F)cc54)cc21)C(C)(C)c1cc(/C=C2\C(=O)C(=O)c4c(F)cc(F)cc42)sc1-3. The predicted molar refractivity (Wildman–Crippen MR) is 184 cm³/mol. The van der Waals surface area contributed by atoms with Crippen molar-refractivity contribution in [2.24, 2.45) is 0 Å². The summed E-state index contributed by atoms with van der Waals surface area (Å²) in [6, 6.07) is 11.5. The van der Waals surface area contributed by atoms with Crippen LogP contribution in [-0.4, -0.2) is 23.1 Å². The third kappa shape index (κ3) is 3.91. The summed E-state index contributed by atoms with van der Waals surface area (Å²) in [4.78, 5) is 54.3. The lowest BCUT2D eigenvalue weighted by Crippen LogP contribution is -2.16. The van der Waals surface area contributed by atoms with Gasteiger partial charge in [0.1, 0.15) is 23.3 Å². The Balaban J connectivity index is 1.13. The fourth-order valence-corrected chi connectivity index (χ4v) is 10.5. The van der Waals surface area contributed by atoms with Gasteiger partial charge in [0.15, 0.2) is 0 Å². The van der Waals surface area contributed by atoms with Crippen molar-refractivity contribution < 1.29 is 36.7 Å². The van der Waals surface area contributed by atoms with Crippen LogP contribution < -0.4 is 0 Å². The molecule has 5 aromatic rings. The predicted octanol–water partition coefficient (Wildman–Crippen LogP) is 9.59. The molecule has 3 aromatic carbocycles. The van der Waals surface area contributed by atoms with Crippen molar-refractivity contribution in [3.05, 3.63) is 126 Å². The largest absolute Gasteiger partial charge is 0.285 e. The number of carbonyl (C=O) groups excluding carboxylic acids is 4. The molecule has 0 spiro atoms. The molecule has 9 rings (SSSR count). The van der Waals surface area contributed by atoms with Crippen LogP contribution in [0.4, 0.5) is 17.6 Å². The molecule has 0 atom stereocenters. The number of thiophene rings is 2. The fraction of sp³-hybridized carbons (Fsp3) is 0.150. The molecule has 0 aliphatic heterocycles. The van der Waals surface area contributed by atoms with Crippen LogP contribution in [0.15, 0.2) is 48.5 Å². The Morgan fingerprint density at radius 2 is 0.860 bits per heavy atom. The first-order valence-corrected chi connectivity index (χ1v) is 17.3. The molecule has 0 saturated carbocycles. The van der Waals surface area contributed by atoms with Gasteiger partial charge in [-0.25, -0.2) is 17.6 Å². The summed E-state index contributed by atoms with van der Waals surface area (Å²) >= 11 is 2.89. The van der Waals surface area contributed by atoms with Gasteiger partial charge in [0, 0.05) is 64.7 Å². The first-order chi connectivity index (χ1) is 23.6. The highest BCUT2D eigenvalue weighted by Gasteiger charge is 2.44. The summed E-state index contributed by atoms with van der Waals surface area (Å²) in [6.07, 6.45) is 3.08. The Morgan fingerprint density at radius 3 is 1.24 bits per heavy atom. The van der Waals surface area contributed by atoms with Gasteiger partial charge >= 0.3 is 0 Å². The summed E-state index contributed by atoms with van der Waals surface area (Å²) in [6.45, 7) is 8.40. The average molecular weight is 707 g/mol. The highest BCUT2D eigenvalue weighted by Crippen LogP contribution is 2.59. The molecule has 0 unspecified atom stereocenters. The van der Waals surface area contributed by atoms with E-state index in [4.69, 9.17) is 0 Å². The number of halogens is 4. The minimum Gasteiger partial charge on any atom is -0.285 e. The van der Waals surface area contributed by atoms with Gasteiger partial charge in [-0.05, 0) is 81.9 Å². The van der Waals surface area contributed by atoms with E-state index in [9.17, 15) is 36.7 Å². The van der Waals surface area contributed by atoms with Gasteiger partial charge in [0.05, 0.1) is 11.1 Å². The maximum atomic E-state index is 14.5. The molecular weight excluding hydrogens is 685 g/mol. The number of carbonyl (C=O) groups is 4. The van der Waals surface area contributed by atoms with Gasteiger partial charge in [-0.2, -0.15) is 0 Å². The molecule has 4 aliphatic carbocycles. The number of ketones is 4. The number of fused-ring (bicyclic) bond motifs is 8. The highest BCUT2D eigenvalue weighted by molar-refractivity contribution is 7.17. The lowest BCUT2D eigenvalue weighted by atomic mass is 9.79. The Hall–Kier alpha value is -5.06. The molecule has 0 N–H and O–H groups in total. The Morgan fingerprint density at radius 1 is 0.480 bits per heavy atom. The topological polar surface area (TPSA) is 68.3 Å². The third-order valence-electron chi connectivity index (χ3n) is 10.5. The van der Waals surface area contributed by atoms with Crippen molar-refractivity contribution in [2.75, 3.05) is 0 Å². The quantitative estimate of drug-likeness (QED) is 0.104. The molecule has 0 saturated heterocycles. The molecule has 0 fully saturated rings. The molecule has 50 heavy (non-hydrogen) atoms. The van der Waals surface area contributed by atoms with Crippen LogP contribution in [0, 0.1) is 23.3 Å². The van der Waals surface area contributed by atoms with Crippen LogP contribution in [-0.2, 0) is 20.4 Å². The van der Waals surface area contributed by atoms with E-state index in [0.29, 0.717) is 21.9 Å². The van der Waals surface area contributed by atoms with Gasteiger partial charge in [0.2, 0.25) is 23.1 Å². The Bertz CT molecular complexity index is 2430. The molecule has 2 heterocycles. The molecule has 246 valence electrons. The van der Waals surface area contributed by atoms with E-state index >= 15 is 0 Å². The fourth-order valence-electron chi connectivity index (χ4n) is 7.91. The first-order valence-electron chi connectivity index (χ1n) is 15.7. The summed E-state index contributed by atoms with van der Waals surface area (Å²) < 4.78 is 57.2. The van der Waals surface area contributed by atoms with Crippen LogP contribution in [0.25, 0.3) is 44.2 Å². The second kappa shape index (κ2) is 9.80. The maximum absolute atomic E-state index is 14.5. The molecule has 10 heteroatoms. The number of hydrogen-bond donors (Lipinski definition) is 0. The van der Waals surface area contributed by atoms with E-state index in [2.05, 4.69) is 39.8 Å². The molecule has 0 amide bonds. The minimum atomic E-state index is -1.06. The van der Waals surface area contributed by atoms with Crippen LogP contribution in [0.1, 0.15) is 91.5 Å². The van der Waals surface area contributed by atoms with Crippen molar-refractivity contribution >= 4 is 69.1 Å². The lowest BCUT2D eigenvalue weighted by molar-refractivity contribution is -0.110. The van der Waals surface area contributed by atoms with E-state index in [0.717, 1.165) is 55.3 Å². The standard InChI is InChI=1S/C40H22F4O4S2/c1-39(2)25-13-24-26(14-23(25)37-27(39)11-17(49-37)9-21-19-5-15(41)7-29(43)31(19)35(47)33(21)45)40(3,4)28-12-18(50-38(24)28)10-22-20-6-16(42)8-30(44)32(20)36(48)34(22)46/h5-14H,1-4H3/b21-9-,22-10-. The minimum absolute atomic E-state index is 0.0333. The van der Waals surface area contributed by atoms with Crippen LogP contribution in [0.5, 0.6) is 0 Å². The van der Waals surface area contributed by atoms with Gasteiger partial charge in [0.25, 0.3) is 0 Å². The number of benzene rings is 3. The summed E-state index contributed by atoms with van der Waals surface area (Å²) in [5, 5.41) is 0. The number of allylic oxidation sites excluding steroid dienone is 2.